The van der Waals surface area contributed by atoms with Gasteiger partial charge in [0.1, 0.15) is 5.76 Å². The zero-order chi connectivity index (χ0) is 20.2. The summed E-state index contributed by atoms with van der Waals surface area (Å²) in [7, 11) is 0. The highest BCUT2D eigenvalue weighted by atomic mass is 16.4. The molecule has 0 saturated carbocycles. The SMILES string of the molecule is O=C(NN=Cc1cn(Cc2ccc(C(=O)O)o2)c2ccccc12)c1ccncc1. The van der Waals surface area contributed by atoms with Crippen LogP contribution in [0.2, 0.25) is 0 Å². The summed E-state index contributed by atoms with van der Waals surface area (Å²) in [5, 5.41) is 14.0. The van der Waals surface area contributed by atoms with Gasteiger partial charge in [0.2, 0.25) is 5.76 Å². The molecule has 0 radical (unpaired) electrons. The number of nitrogens with one attached hydrogen (secondary N) is 1. The van der Waals surface area contributed by atoms with E-state index in [9.17, 15) is 9.59 Å². The Morgan fingerprint density at radius 1 is 1.14 bits per heavy atom. The number of pyridine rings is 1. The Kier molecular flexibility index (Phi) is 4.90. The minimum atomic E-state index is -1.11. The maximum atomic E-state index is 12.1. The number of furan rings is 1. The van der Waals surface area contributed by atoms with Gasteiger partial charge in [0.05, 0.1) is 12.8 Å². The van der Waals surface area contributed by atoms with E-state index in [1.165, 1.54) is 18.5 Å². The number of hydrogen-bond donors (Lipinski definition) is 2. The summed E-state index contributed by atoms with van der Waals surface area (Å²) in [4.78, 5) is 27.0. The minimum absolute atomic E-state index is 0.0999. The van der Waals surface area contributed by atoms with Gasteiger partial charge in [-0.3, -0.25) is 9.78 Å². The zero-order valence-corrected chi connectivity index (χ0v) is 15.1. The second-order valence-corrected chi connectivity index (χ2v) is 6.24. The summed E-state index contributed by atoms with van der Waals surface area (Å²) < 4.78 is 7.29. The van der Waals surface area contributed by atoms with Gasteiger partial charge in [-0.15, -0.1) is 0 Å². The van der Waals surface area contributed by atoms with Gasteiger partial charge in [-0.1, -0.05) is 18.2 Å². The first kappa shape index (κ1) is 18.2. The van der Waals surface area contributed by atoms with Crippen LogP contribution in [0.4, 0.5) is 0 Å². The van der Waals surface area contributed by atoms with Gasteiger partial charge in [0.25, 0.3) is 5.91 Å². The molecule has 4 rings (SSSR count). The molecular formula is C21H16N4O4. The molecule has 0 bridgehead atoms. The van der Waals surface area contributed by atoms with Crippen LogP contribution in [-0.2, 0) is 6.54 Å². The Labute approximate surface area is 165 Å². The fraction of sp³-hybridized carbons (Fsp3) is 0.0476. The largest absolute Gasteiger partial charge is 0.475 e. The third-order valence-electron chi connectivity index (χ3n) is 4.33. The summed E-state index contributed by atoms with van der Waals surface area (Å²) in [6.45, 7) is 0.366. The average Bonchev–Trinajstić information content (AvgIpc) is 3.35. The first-order valence-electron chi connectivity index (χ1n) is 8.75. The van der Waals surface area contributed by atoms with Crippen LogP contribution >= 0.6 is 0 Å². The lowest BCUT2D eigenvalue weighted by Gasteiger charge is -2.02. The van der Waals surface area contributed by atoms with E-state index in [2.05, 4.69) is 15.5 Å². The number of amides is 1. The molecule has 0 aliphatic rings. The molecule has 0 fully saturated rings. The normalized spacial score (nSPS) is 11.2. The van der Waals surface area contributed by atoms with E-state index >= 15 is 0 Å². The van der Waals surface area contributed by atoms with E-state index in [1.54, 1.807) is 24.4 Å². The Morgan fingerprint density at radius 3 is 2.69 bits per heavy atom. The highest BCUT2D eigenvalue weighted by Crippen LogP contribution is 2.22. The van der Waals surface area contributed by atoms with Crippen molar-refractivity contribution in [2.75, 3.05) is 0 Å². The molecule has 8 nitrogen and oxygen atoms in total. The molecule has 0 aliphatic carbocycles. The molecule has 0 saturated heterocycles. The Hall–Kier alpha value is -4.20. The third kappa shape index (κ3) is 3.91. The van der Waals surface area contributed by atoms with Gasteiger partial charge in [-0.05, 0) is 30.3 Å². The molecule has 144 valence electrons. The molecule has 1 amide bonds. The highest BCUT2D eigenvalue weighted by molar-refractivity contribution is 6.00. The number of carbonyl (C=O) groups is 2. The quantitative estimate of drug-likeness (QED) is 0.389. The number of benzene rings is 1. The van der Waals surface area contributed by atoms with Crippen LogP contribution in [0.3, 0.4) is 0 Å². The van der Waals surface area contributed by atoms with Crippen molar-refractivity contribution in [1.29, 1.82) is 0 Å². The van der Waals surface area contributed by atoms with Crippen molar-refractivity contribution >= 4 is 29.0 Å². The maximum absolute atomic E-state index is 12.1. The average molecular weight is 388 g/mol. The molecule has 0 atom stereocenters. The van der Waals surface area contributed by atoms with E-state index in [1.807, 2.05) is 35.0 Å². The molecule has 0 aliphatic heterocycles. The number of fused-ring (bicyclic) bond motifs is 1. The number of carboxylic acids is 1. The molecule has 2 N–H and O–H groups in total. The minimum Gasteiger partial charge on any atom is -0.475 e. The Balaban J connectivity index is 1.57. The molecule has 8 heteroatoms. The van der Waals surface area contributed by atoms with Crippen LogP contribution < -0.4 is 5.43 Å². The van der Waals surface area contributed by atoms with Crippen molar-refractivity contribution in [3.8, 4) is 0 Å². The predicted octanol–water partition coefficient (Wildman–Crippen LogP) is 3.14. The second kappa shape index (κ2) is 7.81. The van der Waals surface area contributed by atoms with Gasteiger partial charge in [-0.2, -0.15) is 5.10 Å². The highest BCUT2D eigenvalue weighted by Gasteiger charge is 2.12. The summed E-state index contributed by atoms with van der Waals surface area (Å²) in [5.41, 5.74) is 4.70. The third-order valence-corrected chi connectivity index (χ3v) is 4.33. The summed E-state index contributed by atoms with van der Waals surface area (Å²) in [6, 6.07) is 14.0. The Bertz CT molecular complexity index is 1210. The van der Waals surface area contributed by atoms with Gasteiger partial charge in [0, 0.05) is 40.6 Å². The maximum Gasteiger partial charge on any atom is 0.371 e. The van der Waals surface area contributed by atoms with Gasteiger partial charge in [-0.25, -0.2) is 10.2 Å². The predicted molar refractivity (Wildman–Crippen MR) is 106 cm³/mol. The standard InChI is InChI=1S/C21H16N4O4/c26-20(14-7-9-22-10-8-14)24-23-11-15-12-25(18-4-2-1-3-17(15)18)13-16-5-6-19(29-16)21(27)28/h1-12H,13H2,(H,24,26)(H,27,28). The topological polar surface area (TPSA) is 110 Å². The van der Waals surface area contributed by atoms with Crippen LogP contribution in [0.15, 0.2) is 76.6 Å². The van der Waals surface area contributed by atoms with E-state index in [4.69, 9.17) is 9.52 Å². The number of nitrogens with zero attached hydrogens (tertiary/aromatic N) is 3. The molecule has 3 heterocycles. The summed E-state index contributed by atoms with van der Waals surface area (Å²) >= 11 is 0. The summed E-state index contributed by atoms with van der Waals surface area (Å²) in [6.07, 6.45) is 6.52. The van der Waals surface area contributed by atoms with Crippen molar-refractivity contribution in [2.24, 2.45) is 5.10 Å². The van der Waals surface area contributed by atoms with Crippen LogP contribution in [-0.4, -0.2) is 32.7 Å². The van der Waals surface area contributed by atoms with Gasteiger partial charge < -0.3 is 14.1 Å². The van der Waals surface area contributed by atoms with Crippen molar-refractivity contribution in [3.05, 3.63) is 89.8 Å². The van der Waals surface area contributed by atoms with Crippen LogP contribution in [0.25, 0.3) is 10.9 Å². The Morgan fingerprint density at radius 2 is 1.93 bits per heavy atom. The molecule has 3 aromatic heterocycles. The van der Waals surface area contributed by atoms with Crippen molar-refractivity contribution in [2.45, 2.75) is 6.54 Å². The fourth-order valence-electron chi connectivity index (χ4n) is 2.98. The first-order chi connectivity index (χ1) is 14.1. The number of carboxylic acid groups (broad SMARTS) is 1. The number of para-hydroxylation sites is 1. The van der Waals surface area contributed by atoms with E-state index in [0.29, 0.717) is 17.9 Å². The van der Waals surface area contributed by atoms with Crippen molar-refractivity contribution in [1.82, 2.24) is 15.0 Å². The zero-order valence-electron chi connectivity index (χ0n) is 15.1. The smallest absolute Gasteiger partial charge is 0.371 e. The number of hydrazone groups is 1. The molecule has 4 aromatic rings. The lowest BCUT2D eigenvalue weighted by atomic mass is 10.2. The molecule has 1 aromatic carbocycles. The van der Waals surface area contributed by atoms with Crippen LogP contribution in [0.5, 0.6) is 0 Å². The number of aromatic nitrogens is 2. The second-order valence-electron chi connectivity index (χ2n) is 6.24. The molecule has 0 spiro atoms. The van der Waals surface area contributed by atoms with Gasteiger partial charge in [0.15, 0.2) is 0 Å². The summed E-state index contributed by atoms with van der Waals surface area (Å²) in [5.74, 6) is -1.01. The fourth-order valence-corrected chi connectivity index (χ4v) is 2.98. The van der Waals surface area contributed by atoms with Gasteiger partial charge >= 0.3 is 5.97 Å². The van der Waals surface area contributed by atoms with Crippen molar-refractivity contribution < 1.29 is 19.1 Å². The van der Waals surface area contributed by atoms with Crippen LogP contribution in [0.1, 0.15) is 32.2 Å². The number of hydrogen-bond acceptors (Lipinski definition) is 5. The lowest BCUT2D eigenvalue weighted by Crippen LogP contribution is -2.17. The van der Waals surface area contributed by atoms with Crippen LogP contribution in [0, 0.1) is 0 Å². The van der Waals surface area contributed by atoms with E-state index < -0.39 is 5.97 Å². The number of carbonyl (C=O) groups excluding carboxylic acids is 1. The number of aromatic carboxylic acids is 1. The van der Waals surface area contributed by atoms with E-state index in [-0.39, 0.29) is 11.7 Å². The first-order valence-corrected chi connectivity index (χ1v) is 8.75. The van der Waals surface area contributed by atoms with Crippen molar-refractivity contribution in [3.63, 3.8) is 0 Å². The lowest BCUT2D eigenvalue weighted by molar-refractivity contribution is 0.0660. The number of rotatable bonds is 6. The van der Waals surface area contributed by atoms with E-state index in [0.717, 1.165) is 16.5 Å². The molecule has 29 heavy (non-hydrogen) atoms. The molecule has 0 unspecified atom stereocenters. The monoisotopic (exact) mass is 388 g/mol. The molecular weight excluding hydrogens is 372 g/mol.